The second kappa shape index (κ2) is 7.32. The van der Waals surface area contributed by atoms with Gasteiger partial charge in [0.2, 0.25) is 0 Å². The van der Waals surface area contributed by atoms with Crippen LogP contribution in [0.1, 0.15) is 45.4 Å². The molecule has 3 rings (SSSR count). The molecule has 6 heteroatoms. The molecule has 0 spiro atoms. The Hall–Kier alpha value is -1.92. The summed E-state index contributed by atoms with van der Waals surface area (Å²) in [7, 11) is 0. The number of nitrogens with one attached hydrogen (secondary N) is 1. The molecule has 0 bridgehead atoms. The molecule has 0 aliphatic carbocycles. The maximum atomic E-state index is 11.8. The lowest BCUT2D eigenvalue weighted by Crippen LogP contribution is -2.31. The number of thiophene rings is 1. The van der Waals surface area contributed by atoms with Crippen molar-refractivity contribution in [3.8, 4) is 0 Å². The summed E-state index contributed by atoms with van der Waals surface area (Å²) in [6.07, 6.45) is 2.49. The third kappa shape index (κ3) is 3.60. The van der Waals surface area contributed by atoms with Crippen LogP contribution in [0.5, 0.6) is 0 Å². The van der Waals surface area contributed by atoms with E-state index in [0.29, 0.717) is 17.4 Å². The standard InChI is InChI=1S/C18H24N4OS/c1-12-10-13(2)21-18(16(12)17(19)23)20-11-14(15-6-5-9-24-15)22-7-3-4-8-22/h5-6,9-10,14H,3-4,7-8,11H2,1-2H3,(H2,19,23)(H,20,21)/t14-/m1/s1. The number of carbonyl (C=O) groups is 1. The zero-order valence-electron chi connectivity index (χ0n) is 14.2. The number of likely N-dealkylation sites (tertiary alicyclic amines) is 1. The van der Waals surface area contributed by atoms with Crippen LogP contribution < -0.4 is 11.1 Å². The lowest BCUT2D eigenvalue weighted by molar-refractivity contribution is 0.1000. The maximum absolute atomic E-state index is 11.8. The van der Waals surface area contributed by atoms with Crippen LogP contribution in [0.4, 0.5) is 5.82 Å². The van der Waals surface area contributed by atoms with Gasteiger partial charge in [-0.05, 0) is 62.9 Å². The number of pyridine rings is 1. The van der Waals surface area contributed by atoms with E-state index in [9.17, 15) is 4.79 Å². The molecular weight excluding hydrogens is 320 g/mol. The molecule has 2 aromatic heterocycles. The molecular formula is C18H24N4OS. The van der Waals surface area contributed by atoms with E-state index in [4.69, 9.17) is 5.73 Å². The molecule has 1 aliphatic rings. The number of carbonyl (C=O) groups excluding carboxylic acids is 1. The largest absolute Gasteiger partial charge is 0.367 e. The van der Waals surface area contributed by atoms with Gasteiger partial charge in [-0.15, -0.1) is 11.3 Å². The topological polar surface area (TPSA) is 71.2 Å². The number of aryl methyl sites for hydroxylation is 2. The molecule has 3 heterocycles. The molecule has 0 aromatic carbocycles. The van der Waals surface area contributed by atoms with Crippen molar-refractivity contribution < 1.29 is 4.79 Å². The summed E-state index contributed by atoms with van der Waals surface area (Å²) in [6, 6.07) is 6.46. The minimum Gasteiger partial charge on any atom is -0.367 e. The van der Waals surface area contributed by atoms with E-state index in [2.05, 4.69) is 32.7 Å². The third-order valence-corrected chi connectivity index (χ3v) is 5.48. The summed E-state index contributed by atoms with van der Waals surface area (Å²) in [4.78, 5) is 20.2. The van der Waals surface area contributed by atoms with Crippen molar-refractivity contribution in [2.75, 3.05) is 25.0 Å². The van der Waals surface area contributed by atoms with E-state index in [-0.39, 0.29) is 0 Å². The van der Waals surface area contributed by atoms with Crippen molar-refractivity contribution in [1.29, 1.82) is 0 Å². The number of nitrogens with two attached hydrogens (primary N) is 1. The van der Waals surface area contributed by atoms with Crippen molar-refractivity contribution in [1.82, 2.24) is 9.88 Å². The first-order valence-corrected chi connectivity index (χ1v) is 9.23. The minimum absolute atomic E-state index is 0.302. The fourth-order valence-corrected chi connectivity index (χ4v) is 4.27. The van der Waals surface area contributed by atoms with E-state index in [1.165, 1.54) is 17.7 Å². The highest BCUT2D eigenvalue weighted by Crippen LogP contribution is 2.29. The van der Waals surface area contributed by atoms with Crippen LogP contribution in [0.15, 0.2) is 23.6 Å². The highest BCUT2D eigenvalue weighted by molar-refractivity contribution is 7.10. The average Bonchev–Trinajstić information content (AvgIpc) is 3.19. The normalized spacial score (nSPS) is 16.2. The summed E-state index contributed by atoms with van der Waals surface area (Å²) < 4.78 is 0. The van der Waals surface area contributed by atoms with Gasteiger partial charge in [-0.2, -0.15) is 0 Å². The lowest BCUT2D eigenvalue weighted by atomic mass is 10.1. The Morgan fingerprint density at radius 3 is 2.79 bits per heavy atom. The molecule has 0 unspecified atom stereocenters. The lowest BCUT2D eigenvalue weighted by Gasteiger charge is -2.27. The van der Waals surface area contributed by atoms with Gasteiger partial charge in [0.05, 0.1) is 11.6 Å². The highest BCUT2D eigenvalue weighted by Gasteiger charge is 2.25. The molecule has 3 N–H and O–H groups in total. The number of nitrogens with zero attached hydrogens (tertiary/aromatic N) is 2. The smallest absolute Gasteiger partial charge is 0.252 e. The molecule has 1 saturated heterocycles. The van der Waals surface area contributed by atoms with Crippen molar-refractivity contribution in [3.63, 3.8) is 0 Å². The van der Waals surface area contributed by atoms with Crippen LogP contribution in [0.3, 0.4) is 0 Å². The van der Waals surface area contributed by atoms with E-state index < -0.39 is 5.91 Å². The molecule has 1 amide bonds. The molecule has 1 aliphatic heterocycles. The predicted octanol–water partition coefficient (Wildman–Crippen LogP) is 3.11. The van der Waals surface area contributed by atoms with Gasteiger partial charge in [0.1, 0.15) is 5.82 Å². The second-order valence-electron chi connectivity index (χ2n) is 6.32. The molecule has 1 atom stereocenters. The number of primary amides is 1. The number of rotatable bonds is 6. The van der Waals surface area contributed by atoms with Gasteiger partial charge in [-0.3, -0.25) is 9.69 Å². The number of aromatic nitrogens is 1. The summed E-state index contributed by atoms with van der Waals surface area (Å²) in [5, 5.41) is 5.51. The van der Waals surface area contributed by atoms with Crippen LogP contribution >= 0.6 is 11.3 Å². The van der Waals surface area contributed by atoms with Gasteiger partial charge in [-0.25, -0.2) is 4.98 Å². The SMILES string of the molecule is Cc1cc(C)c(C(N)=O)c(NC[C@H](c2cccs2)N2CCCC2)n1. The monoisotopic (exact) mass is 344 g/mol. The second-order valence-corrected chi connectivity index (χ2v) is 7.30. The summed E-state index contributed by atoms with van der Waals surface area (Å²) in [5.74, 6) is 0.164. The first-order chi connectivity index (χ1) is 11.6. The first kappa shape index (κ1) is 16.9. The molecule has 0 saturated carbocycles. The Labute approximate surface area is 146 Å². The average molecular weight is 344 g/mol. The van der Waals surface area contributed by atoms with Crippen molar-refractivity contribution in [3.05, 3.63) is 45.3 Å². The van der Waals surface area contributed by atoms with Gasteiger partial charge >= 0.3 is 0 Å². The fourth-order valence-electron chi connectivity index (χ4n) is 3.41. The number of anilines is 1. The van der Waals surface area contributed by atoms with Gasteiger partial charge in [0.15, 0.2) is 0 Å². The van der Waals surface area contributed by atoms with Crippen LogP contribution in [-0.4, -0.2) is 35.4 Å². The molecule has 24 heavy (non-hydrogen) atoms. The number of hydrogen-bond acceptors (Lipinski definition) is 5. The third-order valence-electron chi connectivity index (χ3n) is 4.51. The van der Waals surface area contributed by atoms with Crippen molar-refractivity contribution in [2.24, 2.45) is 5.73 Å². The van der Waals surface area contributed by atoms with Crippen LogP contribution in [0.25, 0.3) is 0 Å². The fraction of sp³-hybridized carbons (Fsp3) is 0.444. The highest BCUT2D eigenvalue weighted by atomic mass is 32.1. The maximum Gasteiger partial charge on any atom is 0.252 e. The Morgan fingerprint density at radius 1 is 1.42 bits per heavy atom. The van der Waals surface area contributed by atoms with E-state index >= 15 is 0 Å². The number of amides is 1. The van der Waals surface area contributed by atoms with E-state index in [1.807, 2.05) is 19.9 Å². The Balaban J connectivity index is 1.83. The van der Waals surface area contributed by atoms with Gasteiger partial charge in [0.25, 0.3) is 5.91 Å². The summed E-state index contributed by atoms with van der Waals surface area (Å²) >= 11 is 1.78. The first-order valence-electron chi connectivity index (χ1n) is 8.35. The van der Waals surface area contributed by atoms with Gasteiger partial charge < -0.3 is 11.1 Å². The minimum atomic E-state index is -0.434. The van der Waals surface area contributed by atoms with Gasteiger partial charge in [-0.1, -0.05) is 6.07 Å². The van der Waals surface area contributed by atoms with E-state index in [1.54, 1.807) is 11.3 Å². The van der Waals surface area contributed by atoms with Crippen molar-refractivity contribution >= 4 is 23.1 Å². The Morgan fingerprint density at radius 2 is 2.17 bits per heavy atom. The molecule has 0 radical (unpaired) electrons. The summed E-state index contributed by atoms with van der Waals surface area (Å²) in [5.41, 5.74) is 7.80. The zero-order valence-corrected chi connectivity index (χ0v) is 15.0. The Kier molecular flexibility index (Phi) is 5.16. The van der Waals surface area contributed by atoms with Crippen molar-refractivity contribution in [2.45, 2.75) is 32.7 Å². The molecule has 5 nitrogen and oxygen atoms in total. The quantitative estimate of drug-likeness (QED) is 0.845. The molecule has 128 valence electrons. The molecule has 1 fully saturated rings. The Bertz CT molecular complexity index is 708. The van der Waals surface area contributed by atoms with Crippen LogP contribution in [-0.2, 0) is 0 Å². The zero-order chi connectivity index (χ0) is 17.1. The summed E-state index contributed by atoms with van der Waals surface area (Å²) in [6.45, 7) is 6.79. The van der Waals surface area contributed by atoms with Crippen LogP contribution in [0, 0.1) is 13.8 Å². The molecule has 2 aromatic rings. The number of hydrogen-bond donors (Lipinski definition) is 2. The predicted molar refractivity (Wildman–Crippen MR) is 98.6 cm³/mol. The van der Waals surface area contributed by atoms with E-state index in [0.717, 1.165) is 30.9 Å². The van der Waals surface area contributed by atoms with Gasteiger partial charge in [0, 0.05) is 17.1 Å². The van der Waals surface area contributed by atoms with Crippen LogP contribution in [0.2, 0.25) is 0 Å².